The average Bonchev–Trinajstić information content (AvgIpc) is 2.75. The van der Waals surface area contributed by atoms with E-state index in [4.69, 9.17) is 0 Å². The molecule has 0 aliphatic heterocycles. The van der Waals surface area contributed by atoms with Crippen molar-refractivity contribution >= 4 is 23.2 Å². The standard InChI is InChI=1S/C21H24N6O/c1-3-27(4-2)18-10-8-16(9-11-18)25-21-23-14-12-19(26-21)20(28)24-15-17-7-5-6-13-22-17/h5-14H,3-4,15H2,1-2H3,(H,24,28)(H,23,25,26). The highest BCUT2D eigenvalue weighted by Gasteiger charge is 2.09. The summed E-state index contributed by atoms with van der Waals surface area (Å²) in [6.07, 6.45) is 3.26. The number of rotatable bonds is 8. The number of anilines is 3. The Balaban J connectivity index is 1.63. The Bertz CT molecular complexity index is 894. The average molecular weight is 376 g/mol. The molecule has 2 aromatic heterocycles. The zero-order chi connectivity index (χ0) is 19.8. The van der Waals surface area contributed by atoms with E-state index in [-0.39, 0.29) is 5.91 Å². The van der Waals surface area contributed by atoms with Crippen LogP contribution in [0.2, 0.25) is 0 Å². The number of benzene rings is 1. The maximum atomic E-state index is 12.3. The van der Waals surface area contributed by atoms with Gasteiger partial charge in [-0.1, -0.05) is 6.07 Å². The monoisotopic (exact) mass is 376 g/mol. The number of carbonyl (C=O) groups is 1. The lowest BCUT2D eigenvalue weighted by Crippen LogP contribution is -2.24. The van der Waals surface area contributed by atoms with Crippen LogP contribution < -0.4 is 15.5 Å². The summed E-state index contributed by atoms with van der Waals surface area (Å²) in [4.78, 5) is 27.3. The van der Waals surface area contributed by atoms with Crippen LogP contribution in [0.1, 0.15) is 30.0 Å². The van der Waals surface area contributed by atoms with Gasteiger partial charge in [0.05, 0.1) is 12.2 Å². The van der Waals surface area contributed by atoms with Gasteiger partial charge in [-0.25, -0.2) is 9.97 Å². The molecule has 0 atom stereocenters. The summed E-state index contributed by atoms with van der Waals surface area (Å²) in [6.45, 7) is 6.53. The van der Waals surface area contributed by atoms with Gasteiger partial charge in [-0.3, -0.25) is 9.78 Å². The normalized spacial score (nSPS) is 10.4. The molecule has 0 radical (unpaired) electrons. The SMILES string of the molecule is CCN(CC)c1ccc(Nc2nccc(C(=O)NCc3ccccn3)n2)cc1. The lowest BCUT2D eigenvalue weighted by atomic mass is 10.2. The number of aromatic nitrogens is 3. The van der Waals surface area contributed by atoms with Gasteiger partial charge in [0.15, 0.2) is 0 Å². The van der Waals surface area contributed by atoms with Crippen molar-refractivity contribution in [1.29, 1.82) is 0 Å². The number of carbonyl (C=O) groups excluding carboxylic acids is 1. The van der Waals surface area contributed by atoms with Crippen LogP contribution in [0.25, 0.3) is 0 Å². The van der Waals surface area contributed by atoms with Gasteiger partial charge in [-0.2, -0.15) is 0 Å². The van der Waals surface area contributed by atoms with Crippen LogP contribution in [0.5, 0.6) is 0 Å². The van der Waals surface area contributed by atoms with Crippen molar-refractivity contribution in [3.8, 4) is 0 Å². The molecule has 0 saturated carbocycles. The molecule has 0 fully saturated rings. The summed E-state index contributed by atoms with van der Waals surface area (Å²) in [5.74, 6) is 0.106. The van der Waals surface area contributed by atoms with E-state index in [0.717, 1.165) is 24.5 Å². The molecule has 2 N–H and O–H groups in total. The molecule has 0 saturated heterocycles. The third-order valence-corrected chi connectivity index (χ3v) is 4.30. The Morgan fingerprint density at radius 2 is 1.75 bits per heavy atom. The molecule has 1 amide bonds. The fourth-order valence-corrected chi connectivity index (χ4v) is 2.78. The van der Waals surface area contributed by atoms with Gasteiger partial charge in [0.1, 0.15) is 5.69 Å². The fraction of sp³-hybridized carbons (Fsp3) is 0.238. The smallest absolute Gasteiger partial charge is 0.270 e. The number of hydrogen-bond acceptors (Lipinski definition) is 6. The summed E-state index contributed by atoms with van der Waals surface area (Å²) in [7, 11) is 0. The van der Waals surface area contributed by atoms with Crippen LogP contribution in [0.3, 0.4) is 0 Å². The van der Waals surface area contributed by atoms with Gasteiger partial charge in [-0.15, -0.1) is 0 Å². The quantitative estimate of drug-likeness (QED) is 0.627. The largest absolute Gasteiger partial charge is 0.372 e. The van der Waals surface area contributed by atoms with Gasteiger partial charge in [0.25, 0.3) is 5.91 Å². The summed E-state index contributed by atoms with van der Waals surface area (Å²) >= 11 is 0. The van der Waals surface area contributed by atoms with Crippen LogP contribution in [-0.2, 0) is 6.54 Å². The summed E-state index contributed by atoms with van der Waals surface area (Å²) in [5.41, 5.74) is 3.12. The van der Waals surface area contributed by atoms with Crippen LogP contribution in [0.4, 0.5) is 17.3 Å². The second-order valence-electron chi connectivity index (χ2n) is 6.11. The van der Waals surface area contributed by atoms with Crippen molar-refractivity contribution in [2.24, 2.45) is 0 Å². The first-order valence-electron chi connectivity index (χ1n) is 9.32. The molecule has 7 heteroatoms. The molecule has 3 aromatic rings. The minimum Gasteiger partial charge on any atom is -0.372 e. The molecule has 0 aliphatic rings. The third kappa shape index (κ3) is 5.03. The number of nitrogens with one attached hydrogen (secondary N) is 2. The highest BCUT2D eigenvalue weighted by molar-refractivity contribution is 5.92. The first-order chi connectivity index (χ1) is 13.7. The Kier molecular flexibility index (Phi) is 6.51. The Labute approximate surface area is 164 Å². The Hall–Kier alpha value is -3.48. The van der Waals surface area contributed by atoms with Gasteiger partial charge in [0.2, 0.25) is 5.95 Å². The van der Waals surface area contributed by atoms with Crippen molar-refractivity contribution in [2.75, 3.05) is 23.3 Å². The van der Waals surface area contributed by atoms with E-state index < -0.39 is 0 Å². The lowest BCUT2D eigenvalue weighted by Gasteiger charge is -2.21. The van der Waals surface area contributed by atoms with Crippen LogP contribution in [0.15, 0.2) is 60.9 Å². The molecule has 144 valence electrons. The van der Waals surface area contributed by atoms with Gasteiger partial charge in [0, 0.05) is 36.9 Å². The van der Waals surface area contributed by atoms with E-state index in [2.05, 4.69) is 56.5 Å². The predicted octanol–water partition coefficient (Wildman–Crippen LogP) is 3.39. The highest BCUT2D eigenvalue weighted by Crippen LogP contribution is 2.19. The molecular formula is C21H24N6O. The van der Waals surface area contributed by atoms with E-state index in [1.54, 1.807) is 18.5 Å². The van der Waals surface area contributed by atoms with Crippen molar-refractivity contribution in [3.05, 3.63) is 72.3 Å². The van der Waals surface area contributed by atoms with E-state index in [9.17, 15) is 4.79 Å². The second kappa shape index (κ2) is 9.45. The number of hydrogen-bond donors (Lipinski definition) is 2. The van der Waals surface area contributed by atoms with Gasteiger partial charge in [-0.05, 0) is 56.3 Å². The molecule has 3 rings (SSSR count). The van der Waals surface area contributed by atoms with Gasteiger partial charge < -0.3 is 15.5 Å². The van der Waals surface area contributed by atoms with Crippen molar-refractivity contribution in [2.45, 2.75) is 20.4 Å². The first-order valence-corrected chi connectivity index (χ1v) is 9.32. The third-order valence-electron chi connectivity index (χ3n) is 4.30. The Morgan fingerprint density at radius 1 is 0.964 bits per heavy atom. The Morgan fingerprint density at radius 3 is 2.43 bits per heavy atom. The summed E-state index contributed by atoms with van der Waals surface area (Å²) in [5, 5.41) is 5.96. The van der Waals surface area contributed by atoms with Crippen LogP contribution in [-0.4, -0.2) is 33.9 Å². The van der Waals surface area contributed by atoms with Crippen LogP contribution in [0, 0.1) is 0 Å². The maximum Gasteiger partial charge on any atom is 0.270 e. The van der Waals surface area contributed by atoms with E-state index in [1.807, 2.05) is 30.3 Å². The fourth-order valence-electron chi connectivity index (χ4n) is 2.78. The van der Waals surface area contributed by atoms with E-state index >= 15 is 0 Å². The lowest BCUT2D eigenvalue weighted by molar-refractivity contribution is 0.0945. The molecule has 7 nitrogen and oxygen atoms in total. The molecule has 0 aliphatic carbocycles. The molecule has 0 bridgehead atoms. The van der Waals surface area contributed by atoms with Crippen molar-refractivity contribution < 1.29 is 4.79 Å². The van der Waals surface area contributed by atoms with Gasteiger partial charge >= 0.3 is 0 Å². The minimum absolute atomic E-state index is 0.270. The molecule has 1 aromatic carbocycles. The molecule has 0 unspecified atom stereocenters. The molecule has 28 heavy (non-hydrogen) atoms. The first kappa shape index (κ1) is 19.3. The van der Waals surface area contributed by atoms with E-state index in [0.29, 0.717) is 18.2 Å². The zero-order valence-corrected chi connectivity index (χ0v) is 16.1. The van der Waals surface area contributed by atoms with Crippen LogP contribution >= 0.6 is 0 Å². The maximum absolute atomic E-state index is 12.3. The molecule has 2 heterocycles. The number of pyridine rings is 1. The minimum atomic E-state index is -0.270. The summed E-state index contributed by atoms with van der Waals surface area (Å²) in [6, 6.07) is 15.2. The number of nitrogens with zero attached hydrogens (tertiary/aromatic N) is 4. The van der Waals surface area contributed by atoms with Crippen molar-refractivity contribution in [3.63, 3.8) is 0 Å². The highest BCUT2D eigenvalue weighted by atomic mass is 16.1. The number of amides is 1. The molecule has 0 spiro atoms. The summed E-state index contributed by atoms with van der Waals surface area (Å²) < 4.78 is 0. The van der Waals surface area contributed by atoms with Crippen molar-refractivity contribution in [1.82, 2.24) is 20.3 Å². The van der Waals surface area contributed by atoms with E-state index in [1.165, 1.54) is 5.69 Å². The zero-order valence-electron chi connectivity index (χ0n) is 16.1. The topological polar surface area (TPSA) is 83.0 Å². The predicted molar refractivity (Wildman–Crippen MR) is 111 cm³/mol. The molecular weight excluding hydrogens is 352 g/mol. The second-order valence-corrected chi connectivity index (χ2v) is 6.11.